The maximum Gasteiger partial charge on any atom is 0.433 e. The molecule has 2 N–H and O–H groups in total. The molecule has 0 atom stereocenters. The highest BCUT2D eigenvalue weighted by Crippen LogP contribution is 2.37. The number of fused-ring (bicyclic) bond motifs is 2. The van der Waals surface area contributed by atoms with Crippen LogP contribution >= 0.6 is 23.2 Å². The molecule has 11 heteroatoms. The summed E-state index contributed by atoms with van der Waals surface area (Å²) in [6, 6.07) is 11.1. The number of benzene rings is 2. The fraction of sp³-hybridized carbons (Fsp3) is 0.346. The number of H-pyrrole nitrogens is 1. The highest BCUT2D eigenvalue weighted by molar-refractivity contribution is 6.31. The number of anilines is 1. The van der Waals surface area contributed by atoms with Crippen molar-refractivity contribution in [3.8, 4) is 0 Å². The van der Waals surface area contributed by atoms with Gasteiger partial charge in [-0.3, -0.25) is 9.89 Å². The largest absolute Gasteiger partial charge is 0.433 e. The number of nitrogens with zero attached hydrogens (tertiary/aromatic N) is 3. The number of pyridine rings is 1. The van der Waals surface area contributed by atoms with Gasteiger partial charge in [-0.1, -0.05) is 23.2 Å². The number of aromatic amines is 1. The molecule has 0 spiro atoms. The Morgan fingerprint density at radius 2 is 1.73 bits per heavy atom. The van der Waals surface area contributed by atoms with Crippen LogP contribution in [0.15, 0.2) is 42.5 Å². The van der Waals surface area contributed by atoms with Crippen molar-refractivity contribution in [3.63, 3.8) is 0 Å². The first kappa shape index (κ1) is 25.6. The van der Waals surface area contributed by atoms with E-state index in [1.165, 1.54) is 12.1 Å². The maximum absolute atomic E-state index is 13.5. The molecular formula is C26H24Cl2F3N5O. The average Bonchev–Trinajstić information content (AvgIpc) is 3.24. The third-order valence-electron chi connectivity index (χ3n) is 6.96. The van der Waals surface area contributed by atoms with Crippen LogP contribution in [-0.4, -0.2) is 40.2 Å². The molecule has 1 aliphatic carbocycles. The minimum absolute atomic E-state index is 0.0104. The Kier molecular flexibility index (Phi) is 6.93. The maximum atomic E-state index is 13.5. The third kappa shape index (κ3) is 5.48. The van der Waals surface area contributed by atoms with Crippen molar-refractivity contribution in [2.75, 3.05) is 11.9 Å². The molecule has 2 heterocycles. The summed E-state index contributed by atoms with van der Waals surface area (Å²) in [7, 11) is 1.80. The molecule has 4 aromatic rings. The van der Waals surface area contributed by atoms with Gasteiger partial charge in [0.1, 0.15) is 5.69 Å². The van der Waals surface area contributed by atoms with Crippen LogP contribution < -0.4 is 10.2 Å². The molecule has 1 fully saturated rings. The van der Waals surface area contributed by atoms with E-state index in [2.05, 4.69) is 20.5 Å². The van der Waals surface area contributed by atoms with Crippen molar-refractivity contribution in [1.82, 2.24) is 20.5 Å². The molecule has 0 aliphatic heterocycles. The number of alkyl halides is 3. The minimum atomic E-state index is -4.56. The fourth-order valence-electron chi connectivity index (χ4n) is 5.03. The van der Waals surface area contributed by atoms with Crippen molar-refractivity contribution in [1.29, 1.82) is 0 Å². The summed E-state index contributed by atoms with van der Waals surface area (Å²) in [6.07, 6.45) is -1.57. The standard InChI is InChI=1S/C26H24Cl2F3N5O/c1-36(23-13-24(26(29,30)31)33-20-8-2-15(28)11-19(20)23)17-6-4-16(5-7-17)32-25(37)12-22-18-10-14(27)3-9-21(18)34-35-22/h2-3,8-11,13,16-17H,4-7,12H2,1H3,(H,32,37)(H,34,35)/t16-,17+. The van der Waals surface area contributed by atoms with Crippen LogP contribution in [0.4, 0.5) is 18.9 Å². The topological polar surface area (TPSA) is 73.9 Å². The second-order valence-corrected chi connectivity index (χ2v) is 10.3. The van der Waals surface area contributed by atoms with E-state index in [1.54, 1.807) is 25.2 Å². The van der Waals surface area contributed by atoms with E-state index in [1.807, 2.05) is 11.0 Å². The van der Waals surface area contributed by atoms with Gasteiger partial charge in [0.15, 0.2) is 0 Å². The summed E-state index contributed by atoms with van der Waals surface area (Å²) in [6.45, 7) is 0. The molecule has 1 amide bonds. The Bertz CT molecular complexity index is 1460. The first-order chi connectivity index (χ1) is 17.6. The van der Waals surface area contributed by atoms with Gasteiger partial charge in [-0.2, -0.15) is 18.3 Å². The van der Waals surface area contributed by atoms with Crippen LogP contribution in [0.5, 0.6) is 0 Å². The number of nitrogens with one attached hydrogen (secondary N) is 2. The second kappa shape index (κ2) is 10.0. The predicted octanol–water partition coefficient (Wildman–Crippen LogP) is 6.54. The summed E-state index contributed by atoms with van der Waals surface area (Å²) < 4.78 is 40.6. The van der Waals surface area contributed by atoms with Gasteiger partial charge >= 0.3 is 6.18 Å². The van der Waals surface area contributed by atoms with Crippen LogP contribution in [0.1, 0.15) is 37.1 Å². The SMILES string of the molecule is CN(c1cc(C(F)(F)F)nc2ccc(Cl)cc12)[C@H]1CC[C@@H](NC(=O)Cc2n[nH]c3ccc(Cl)cc23)CC1. The van der Waals surface area contributed by atoms with E-state index in [0.29, 0.717) is 52.5 Å². The molecule has 37 heavy (non-hydrogen) atoms. The predicted molar refractivity (Wildman–Crippen MR) is 139 cm³/mol. The van der Waals surface area contributed by atoms with Crippen molar-refractivity contribution in [2.24, 2.45) is 0 Å². The minimum Gasteiger partial charge on any atom is -0.371 e. The van der Waals surface area contributed by atoms with Gasteiger partial charge in [-0.25, -0.2) is 4.98 Å². The quantitative estimate of drug-likeness (QED) is 0.296. The van der Waals surface area contributed by atoms with Crippen LogP contribution in [0.2, 0.25) is 10.0 Å². The highest BCUT2D eigenvalue weighted by Gasteiger charge is 2.35. The summed E-state index contributed by atoms with van der Waals surface area (Å²) in [4.78, 5) is 18.4. The van der Waals surface area contributed by atoms with Crippen LogP contribution in [-0.2, 0) is 17.4 Å². The summed E-state index contributed by atoms with van der Waals surface area (Å²) >= 11 is 12.2. The smallest absolute Gasteiger partial charge is 0.371 e. The molecule has 0 unspecified atom stereocenters. The number of carbonyl (C=O) groups is 1. The Hall–Kier alpha value is -3.04. The number of rotatable bonds is 5. The van der Waals surface area contributed by atoms with E-state index >= 15 is 0 Å². The number of hydrogen-bond acceptors (Lipinski definition) is 4. The van der Waals surface area contributed by atoms with E-state index in [0.717, 1.165) is 17.0 Å². The van der Waals surface area contributed by atoms with Crippen LogP contribution in [0, 0.1) is 0 Å². The Morgan fingerprint density at radius 1 is 1.05 bits per heavy atom. The molecular weight excluding hydrogens is 526 g/mol. The van der Waals surface area contributed by atoms with Crippen LogP contribution in [0.3, 0.4) is 0 Å². The molecule has 1 saturated carbocycles. The fourth-order valence-corrected chi connectivity index (χ4v) is 5.37. The third-order valence-corrected chi connectivity index (χ3v) is 7.43. The summed E-state index contributed by atoms with van der Waals surface area (Å²) in [5.41, 5.74) is 1.20. The molecule has 2 aromatic carbocycles. The Balaban J connectivity index is 1.26. The van der Waals surface area contributed by atoms with E-state index in [9.17, 15) is 18.0 Å². The summed E-state index contributed by atoms with van der Waals surface area (Å²) in [5, 5.41) is 12.6. The molecule has 6 nitrogen and oxygen atoms in total. The summed E-state index contributed by atoms with van der Waals surface area (Å²) in [5.74, 6) is -0.130. The number of amides is 1. The Labute approximate surface area is 221 Å². The lowest BCUT2D eigenvalue weighted by molar-refractivity contribution is -0.140. The van der Waals surface area contributed by atoms with Crippen LogP contribution in [0.25, 0.3) is 21.8 Å². The van der Waals surface area contributed by atoms with Gasteiger partial charge in [0.05, 0.1) is 23.1 Å². The molecule has 0 saturated heterocycles. The second-order valence-electron chi connectivity index (χ2n) is 9.41. The zero-order valence-electron chi connectivity index (χ0n) is 19.9. The molecule has 5 rings (SSSR count). The first-order valence-corrected chi connectivity index (χ1v) is 12.7. The zero-order chi connectivity index (χ0) is 26.3. The number of halogens is 5. The highest BCUT2D eigenvalue weighted by atomic mass is 35.5. The molecule has 2 aromatic heterocycles. The molecule has 0 bridgehead atoms. The monoisotopic (exact) mass is 549 g/mol. The van der Waals surface area contributed by atoms with Gasteiger partial charge in [0, 0.05) is 45.6 Å². The van der Waals surface area contributed by atoms with E-state index < -0.39 is 11.9 Å². The molecule has 1 aliphatic rings. The van der Waals surface area contributed by atoms with Gasteiger partial charge in [0.2, 0.25) is 5.91 Å². The lowest BCUT2D eigenvalue weighted by Gasteiger charge is -2.37. The van der Waals surface area contributed by atoms with E-state index in [-0.39, 0.29) is 29.9 Å². The number of carbonyl (C=O) groups excluding carboxylic acids is 1. The van der Waals surface area contributed by atoms with Crippen molar-refractivity contribution < 1.29 is 18.0 Å². The van der Waals surface area contributed by atoms with Gasteiger partial charge in [-0.05, 0) is 68.1 Å². The molecule has 0 radical (unpaired) electrons. The number of aromatic nitrogens is 3. The first-order valence-electron chi connectivity index (χ1n) is 11.9. The van der Waals surface area contributed by atoms with Crippen molar-refractivity contribution in [2.45, 2.75) is 50.4 Å². The lowest BCUT2D eigenvalue weighted by Crippen LogP contribution is -2.43. The van der Waals surface area contributed by atoms with Gasteiger partial charge in [-0.15, -0.1) is 0 Å². The normalized spacial score (nSPS) is 18.3. The van der Waals surface area contributed by atoms with Gasteiger partial charge in [0.25, 0.3) is 0 Å². The van der Waals surface area contributed by atoms with Crippen molar-refractivity contribution in [3.05, 3.63) is 63.9 Å². The number of hydrogen-bond donors (Lipinski definition) is 2. The lowest BCUT2D eigenvalue weighted by atomic mass is 9.89. The van der Waals surface area contributed by atoms with Crippen molar-refractivity contribution >= 4 is 56.6 Å². The zero-order valence-corrected chi connectivity index (χ0v) is 21.4. The average molecular weight is 550 g/mol. The molecule has 194 valence electrons. The van der Waals surface area contributed by atoms with E-state index in [4.69, 9.17) is 23.2 Å². The Morgan fingerprint density at radius 3 is 2.43 bits per heavy atom. The van der Waals surface area contributed by atoms with Gasteiger partial charge < -0.3 is 10.2 Å².